The second kappa shape index (κ2) is 4.74. The highest BCUT2D eigenvalue weighted by Gasteiger charge is 2.19. The quantitative estimate of drug-likeness (QED) is 0.805. The van der Waals surface area contributed by atoms with Crippen LogP contribution in [0.25, 0.3) is 0 Å². The van der Waals surface area contributed by atoms with E-state index in [1.54, 1.807) is 25.3 Å². The standard InChI is InChI=1S/C12H13N3O2/c1-17-10-3-2-9(7-13)11(6-10)15-5-4-14-12(16)8-15/h2-3,6H,4-5,8H2,1H3,(H,14,16). The zero-order valence-corrected chi connectivity index (χ0v) is 9.56. The minimum absolute atomic E-state index is 0.0250. The van der Waals surface area contributed by atoms with Crippen LogP contribution in [-0.4, -0.2) is 32.7 Å². The van der Waals surface area contributed by atoms with Crippen molar-refractivity contribution in [3.63, 3.8) is 0 Å². The van der Waals surface area contributed by atoms with Gasteiger partial charge in [-0.2, -0.15) is 5.26 Å². The summed E-state index contributed by atoms with van der Waals surface area (Å²) in [6.07, 6.45) is 0. The second-order valence-corrected chi connectivity index (χ2v) is 3.77. The third-order valence-electron chi connectivity index (χ3n) is 2.70. The summed E-state index contributed by atoms with van der Waals surface area (Å²) in [6, 6.07) is 7.37. The van der Waals surface area contributed by atoms with Crippen molar-refractivity contribution in [2.45, 2.75) is 0 Å². The van der Waals surface area contributed by atoms with Gasteiger partial charge in [0.15, 0.2) is 0 Å². The maximum absolute atomic E-state index is 11.3. The molecule has 1 aromatic carbocycles. The maximum Gasteiger partial charge on any atom is 0.239 e. The normalized spacial score (nSPS) is 15.1. The van der Waals surface area contributed by atoms with Crippen molar-refractivity contribution >= 4 is 11.6 Å². The molecule has 17 heavy (non-hydrogen) atoms. The van der Waals surface area contributed by atoms with Gasteiger partial charge >= 0.3 is 0 Å². The van der Waals surface area contributed by atoms with Crippen molar-refractivity contribution in [3.05, 3.63) is 23.8 Å². The van der Waals surface area contributed by atoms with Crippen molar-refractivity contribution in [2.75, 3.05) is 31.6 Å². The lowest BCUT2D eigenvalue weighted by atomic mass is 10.1. The number of anilines is 1. The van der Waals surface area contributed by atoms with Gasteiger partial charge in [-0.25, -0.2) is 0 Å². The first kappa shape index (κ1) is 11.3. The van der Waals surface area contributed by atoms with E-state index in [1.165, 1.54) is 0 Å². The lowest BCUT2D eigenvalue weighted by Gasteiger charge is -2.29. The number of carbonyl (C=O) groups is 1. The summed E-state index contributed by atoms with van der Waals surface area (Å²) in [5.74, 6) is 0.660. The Labute approximate surface area is 99.6 Å². The molecule has 1 amide bonds. The van der Waals surface area contributed by atoms with E-state index in [2.05, 4.69) is 11.4 Å². The molecule has 1 heterocycles. The van der Waals surface area contributed by atoms with Crippen molar-refractivity contribution in [3.8, 4) is 11.8 Å². The van der Waals surface area contributed by atoms with E-state index in [0.29, 0.717) is 24.4 Å². The second-order valence-electron chi connectivity index (χ2n) is 3.77. The Balaban J connectivity index is 2.35. The number of amides is 1. The summed E-state index contributed by atoms with van der Waals surface area (Å²) < 4.78 is 5.14. The smallest absolute Gasteiger partial charge is 0.239 e. The summed E-state index contributed by atoms with van der Waals surface area (Å²) in [4.78, 5) is 13.2. The fraction of sp³-hybridized carbons (Fsp3) is 0.333. The molecule has 1 aromatic rings. The number of ether oxygens (including phenoxy) is 1. The number of nitrogens with one attached hydrogen (secondary N) is 1. The highest BCUT2D eigenvalue weighted by Crippen LogP contribution is 2.25. The summed E-state index contributed by atoms with van der Waals surface area (Å²) in [5.41, 5.74) is 1.31. The van der Waals surface area contributed by atoms with Crippen molar-refractivity contribution in [2.24, 2.45) is 0 Å². The number of carbonyl (C=O) groups excluding carboxylic acids is 1. The monoisotopic (exact) mass is 231 g/mol. The minimum atomic E-state index is -0.0250. The Hall–Kier alpha value is -2.22. The van der Waals surface area contributed by atoms with Gasteiger partial charge in [0.05, 0.1) is 24.9 Å². The molecular formula is C12H13N3O2. The predicted molar refractivity (Wildman–Crippen MR) is 62.9 cm³/mol. The van der Waals surface area contributed by atoms with Crippen molar-refractivity contribution in [1.82, 2.24) is 5.32 Å². The van der Waals surface area contributed by atoms with E-state index in [1.807, 2.05) is 4.90 Å². The topological polar surface area (TPSA) is 65.4 Å². The molecule has 1 saturated heterocycles. The highest BCUT2D eigenvalue weighted by molar-refractivity contribution is 5.83. The zero-order chi connectivity index (χ0) is 12.3. The molecule has 1 aliphatic heterocycles. The van der Waals surface area contributed by atoms with Gasteiger partial charge in [0.1, 0.15) is 11.8 Å². The first-order valence-electron chi connectivity index (χ1n) is 5.34. The van der Waals surface area contributed by atoms with Crippen molar-refractivity contribution in [1.29, 1.82) is 5.26 Å². The lowest BCUT2D eigenvalue weighted by Crippen LogP contribution is -2.47. The van der Waals surface area contributed by atoms with Crippen LogP contribution in [0.3, 0.4) is 0 Å². The molecule has 0 radical (unpaired) electrons. The molecule has 0 saturated carbocycles. The van der Waals surface area contributed by atoms with Gasteiger partial charge in [-0.1, -0.05) is 0 Å². The molecule has 88 valence electrons. The molecule has 5 nitrogen and oxygen atoms in total. The average molecular weight is 231 g/mol. The number of piperazine rings is 1. The van der Waals surface area contributed by atoms with Crippen LogP contribution in [0, 0.1) is 11.3 Å². The van der Waals surface area contributed by atoms with E-state index in [4.69, 9.17) is 10.00 Å². The van der Waals surface area contributed by atoms with E-state index in [0.717, 1.165) is 5.69 Å². The Morgan fingerprint density at radius 1 is 1.53 bits per heavy atom. The van der Waals surface area contributed by atoms with Crippen LogP contribution < -0.4 is 15.0 Å². The van der Waals surface area contributed by atoms with Gasteiger partial charge in [-0.15, -0.1) is 0 Å². The number of nitrogens with zero attached hydrogens (tertiary/aromatic N) is 2. The first-order valence-corrected chi connectivity index (χ1v) is 5.34. The summed E-state index contributed by atoms with van der Waals surface area (Å²) in [5, 5.41) is 11.8. The van der Waals surface area contributed by atoms with Gasteiger partial charge in [-0.05, 0) is 12.1 Å². The van der Waals surface area contributed by atoms with E-state index >= 15 is 0 Å². The molecule has 1 aliphatic rings. The molecular weight excluding hydrogens is 218 g/mol. The molecule has 0 aliphatic carbocycles. The van der Waals surface area contributed by atoms with Gasteiger partial charge in [0.25, 0.3) is 0 Å². The van der Waals surface area contributed by atoms with E-state index < -0.39 is 0 Å². The fourth-order valence-electron chi connectivity index (χ4n) is 1.84. The number of benzene rings is 1. The first-order chi connectivity index (χ1) is 8.24. The Kier molecular flexibility index (Phi) is 3.15. The number of rotatable bonds is 2. The third kappa shape index (κ3) is 2.31. The summed E-state index contributed by atoms with van der Waals surface area (Å²) >= 11 is 0. The summed E-state index contributed by atoms with van der Waals surface area (Å²) in [6.45, 7) is 1.58. The van der Waals surface area contributed by atoms with E-state index in [9.17, 15) is 4.79 Å². The number of hydrogen-bond acceptors (Lipinski definition) is 4. The molecule has 0 bridgehead atoms. The zero-order valence-electron chi connectivity index (χ0n) is 9.56. The molecule has 0 unspecified atom stereocenters. The average Bonchev–Trinajstić information content (AvgIpc) is 2.38. The molecule has 0 spiro atoms. The molecule has 0 atom stereocenters. The Morgan fingerprint density at radius 2 is 2.35 bits per heavy atom. The van der Waals surface area contributed by atoms with Crippen LogP contribution in [0.1, 0.15) is 5.56 Å². The molecule has 1 N–H and O–H groups in total. The predicted octanol–water partition coefficient (Wildman–Crippen LogP) is 0.503. The Bertz CT molecular complexity index is 479. The largest absolute Gasteiger partial charge is 0.497 e. The highest BCUT2D eigenvalue weighted by atomic mass is 16.5. The minimum Gasteiger partial charge on any atom is -0.497 e. The molecule has 0 aromatic heterocycles. The van der Waals surface area contributed by atoms with Gasteiger partial charge in [0, 0.05) is 19.2 Å². The number of nitriles is 1. The maximum atomic E-state index is 11.3. The van der Waals surface area contributed by atoms with Crippen LogP contribution >= 0.6 is 0 Å². The van der Waals surface area contributed by atoms with Crippen LogP contribution in [0.5, 0.6) is 5.75 Å². The number of hydrogen-bond donors (Lipinski definition) is 1. The summed E-state index contributed by atoms with van der Waals surface area (Å²) in [7, 11) is 1.58. The van der Waals surface area contributed by atoms with Crippen LogP contribution in [0.4, 0.5) is 5.69 Å². The Morgan fingerprint density at radius 3 is 3.00 bits per heavy atom. The van der Waals surface area contributed by atoms with Gasteiger partial charge in [0.2, 0.25) is 5.91 Å². The van der Waals surface area contributed by atoms with Gasteiger partial charge in [-0.3, -0.25) is 4.79 Å². The third-order valence-corrected chi connectivity index (χ3v) is 2.70. The lowest BCUT2D eigenvalue weighted by molar-refractivity contribution is -0.120. The van der Waals surface area contributed by atoms with Gasteiger partial charge < -0.3 is 15.0 Å². The SMILES string of the molecule is COc1ccc(C#N)c(N2CCNC(=O)C2)c1. The molecule has 2 rings (SSSR count). The number of methoxy groups -OCH3 is 1. The molecule has 5 heteroatoms. The van der Waals surface area contributed by atoms with Crippen LogP contribution in [0.2, 0.25) is 0 Å². The van der Waals surface area contributed by atoms with Crippen molar-refractivity contribution < 1.29 is 9.53 Å². The van der Waals surface area contributed by atoms with E-state index in [-0.39, 0.29) is 12.5 Å². The van der Waals surface area contributed by atoms with Crippen LogP contribution in [-0.2, 0) is 4.79 Å². The molecule has 1 fully saturated rings. The van der Waals surface area contributed by atoms with Crippen LogP contribution in [0.15, 0.2) is 18.2 Å². The fourth-order valence-corrected chi connectivity index (χ4v) is 1.84.